The van der Waals surface area contributed by atoms with Crippen LogP contribution in [0.25, 0.3) is 77.6 Å². The van der Waals surface area contributed by atoms with Crippen LogP contribution in [0.5, 0.6) is 0 Å². The highest BCUT2D eigenvalue weighted by Crippen LogP contribution is 2.53. The summed E-state index contributed by atoms with van der Waals surface area (Å²) in [5, 5.41) is 2.17. The Hall–Kier alpha value is -7.42. The molecule has 0 amide bonds. The van der Waals surface area contributed by atoms with Crippen LogP contribution in [0.1, 0.15) is 25.0 Å². The first-order valence-electron chi connectivity index (χ1n) is 20.4. The molecule has 0 radical (unpaired) electrons. The number of rotatable bonds is 7. The number of fused-ring (bicyclic) bond motifs is 6. The topological polar surface area (TPSA) is 16.4 Å². The third-order valence-corrected chi connectivity index (χ3v) is 12.3. The summed E-state index contributed by atoms with van der Waals surface area (Å²) in [6, 6.07) is 76.8. The summed E-state index contributed by atoms with van der Waals surface area (Å²) in [4.78, 5) is 2.45. The van der Waals surface area contributed by atoms with Gasteiger partial charge in [-0.3, -0.25) is 0 Å². The first-order chi connectivity index (χ1) is 29.1. The molecule has 0 aliphatic heterocycles. The van der Waals surface area contributed by atoms with Gasteiger partial charge in [0.05, 0.1) is 16.8 Å². The van der Waals surface area contributed by atoms with Crippen molar-refractivity contribution < 1.29 is 4.42 Å². The van der Waals surface area contributed by atoms with Gasteiger partial charge in [-0.15, -0.1) is 0 Å². The highest BCUT2D eigenvalue weighted by molar-refractivity contribution is 6.14. The number of hydrogen-bond donors (Lipinski definition) is 0. The maximum absolute atomic E-state index is 6.54. The molecule has 1 aliphatic rings. The van der Waals surface area contributed by atoms with E-state index in [0.29, 0.717) is 0 Å². The second-order valence-corrected chi connectivity index (χ2v) is 16.0. The zero-order valence-corrected chi connectivity index (χ0v) is 33.1. The van der Waals surface area contributed by atoms with Crippen LogP contribution in [0.4, 0.5) is 17.1 Å². The molecule has 0 saturated heterocycles. The van der Waals surface area contributed by atoms with Crippen molar-refractivity contribution in [1.82, 2.24) is 0 Å². The fourth-order valence-corrected chi connectivity index (χ4v) is 9.57. The molecule has 280 valence electrons. The molecule has 1 aromatic heterocycles. The minimum Gasteiger partial charge on any atom is -0.456 e. The lowest BCUT2D eigenvalue weighted by Gasteiger charge is -2.30. The number of nitrogens with zero attached hydrogens (tertiary/aromatic N) is 1. The molecule has 11 rings (SSSR count). The van der Waals surface area contributed by atoms with Crippen LogP contribution < -0.4 is 4.90 Å². The molecule has 10 aromatic rings. The molecule has 0 saturated carbocycles. The van der Waals surface area contributed by atoms with Gasteiger partial charge in [0.2, 0.25) is 0 Å². The Morgan fingerprint density at radius 1 is 0.356 bits per heavy atom. The predicted octanol–water partition coefficient (Wildman–Crippen LogP) is 16.0. The van der Waals surface area contributed by atoms with Gasteiger partial charge < -0.3 is 9.32 Å². The molecule has 0 atom stereocenters. The van der Waals surface area contributed by atoms with E-state index in [0.717, 1.165) is 50.1 Å². The van der Waals surface area contributed by atoms with Crippen molar-refractivity contribution in [3.05, 3.63) is 223 Å². The van der Waals surface area contributed by atoms with Gasteiger partial charge in [0.1, 0.15) is 11.2 Å². The second kappa shape index (κ2) is 13.9. The smallest absolute Gasteiger partial charge is 0.137 e. The standard InChI is InChI=1S/C57H41NO/c1-57(2)48-28-13-11-24-46(48)54-43(26-15-29-49(54)57)40-34-36-41(37-35-40)58(51-31-17-33-53-56(51)47-25-12-14-32-52(47)59-53)50-30-16-27-44(39-20-7-4-8-21-39)55(50)45-23-10-9-22-42(45)38-18-5-3-6-19-38/h3-37H,1-2H3. The summed E-state index contributed by atoms with van der Waals surface area (Å²) in [6.45, 7) is 4.69. The van der Waals surface area contributed by atoms with Crippen LogP contribution in [-0.2, 0) is 5.41 Å². The van der Waals surface area contributed by atoms with Gasteiger partial charge in [-0.05, 0) is 97.6 Å². The summed E-state index contributed by atoms with van der Waals surface area (Å²) < 4.78 is 6.54. The number of para-hydroxylation sites is 1. The molecule has 0 spiro atoms. The summed E-state index contributed by atoms with van der Waals surface area (Å²) in [5.74, 6) is 0. The van der Waals surface area contributed by atoms with Crippen molar-refractivity contribution in [3.8, 4) is 55.6 Å². The van der Waals surface area contributed by atoms with Crippen molar-refractivity contribution in [3.63, 3.8) is 0 Å². The Labute approximate surface area is 345 Å². The minimum absolute atomic E-state index is 0.0685. The molecule has 0 bridgehead atoms. The molecule has 0 fully saturated rings. The van der Waals surface area contributed by atoms with E-state index in [1.807, 2.05) is 6.07 Å². The highest BCUT2D eigenvalue weighted by atomic mass is 16.3. The number of furan rings is 1. The number of anilines is 3. The fraction of sp³-hybridized carbons (Fsp3) is 0.0526. The number of hydrogen-bond acceptors (Lipinski definition) is 2. The van der Waals surface area contributed by atoms with Gasteiger partial charge in [0.25, 0.3) is 0 Å². The predicted molar refractivity (Wildman–Crippen MR) is 248 cm³/mol. The van der Waals surface area contributed by atoms with Crippen LogP contribution in [0.3, 0.4) is 0 Å². The SMILES string of the molecule is CC1(C)c2ccccc2-c2c(-c3ccc(N(c4cccc(-c5ccccc5)c4-c4ccccc4-c4ccccc4)c4cccc5oc6ccccc6c45)cc3)cccc21. The zero-order chi connectivity index (χ0) is 39.5. The van der Waals surface area contributed by atoms with E-state index < -0.39 is 0 Å². The van der Waals surface area contributed by atoms with Crippen molar-refractivity contribution in [2.24, 2.45) is 0 Å². The van der Waals surface area contributed by atoms with Crippen LogP contribution in [0.15, 0.2) is 217 Å². The van der Waals surface area contributed by atoms with Crippen molar-refractivity contribution in [2.75, 3.05) is 4.90 Å². The van der Waals surface area contributed by atoms with Gasteiger partial charge in [0.15, 0.2) is 0 Å². The van der Waals surface area contributed by atoms with Gasteiger partial charge in [-0.1, -0.05) is 190 Å². The van der Waals surface area contributed by atoms with Crippen molar-refractivity contribution in [1.29, 1.82) is 0 Å². The van der Waals surface area contributed by atoms with Gasteiger partial charge >= 0.3 is 0 Å². The Kier molecular flexibility index (Phi) is 8.20. The fourth-order valence-electron chi connectivity index (χ4n) is 9.57. The highest BCUT2D eigenvalue weighted by Gasteiger charge is 2.36. The lowest BCUT2D eigenvalue weighted by molar-refractivity contribution is 0.660. The maximum atomic E-state index is 6.54. The molecule has 59 heavy (non-hydrogen) atoms. The van der Waals surface area contributed by atoms with E-state index in [4.69, 9.17) is 4.42 Å². The monoisotopic (exact) mass is 755 g/mol. The number of benzene rings is 9. The second-order valence-electron chi connectivity index (χ2n) is 16.0. The quantitative estimate of drug-likeness (QED) is 0.161. The molecule has 9 aromatic carbocycles. The molecule has 1 aliphatic carbocycles. The van der Waals surface area contributed by atoms with E-state index in [1.165, 1.54) is 55.6 Å². The van der Waals surface area contributed by atoms with E-state index in [1.54, 1.807) is 0 Å². The third-order valence-electron chi connectivity index (χ3n) is 12.3. The van der Waals surface area contributed by atoms with E-state index >= 15 is 0 Å². The summed E-state index contributed by atoms with van der Waals surface area (Å²) in [5.41, 5.74) is 19.7. The Bertz CT molecular complexity index is 3170. The summed E-state index contributed by atoms with van der Waals surface area (Å²) >= 11 is 0. The Morgan fingerprint density at radius 2 is 0.864 bits per heavy atom. The lowest BCUT2D eigenvalue weighted by atomic mass is 9.82. The van der Waals surface area contributed by atoms with Crippen molar-refractivity contribution >= 4 is 39.0 Å². The molecule has 2 heteroatoms. The third kappa shape index (κ3) is 5.63. The largest absolute Gasteiger partial charge is 0.456 e. The minimum atomic E-state index is -0.0685. The first-order valence-corrected chi connectivity index (χ1v) is 20.4. The summed E-state index contributed by atoms with van der Waals surface area (Å²) in [6.07, 6.45) is 0. The average molecular weight is 756 g/mol. The first kappa shape index (κ1) is 34.8. The maximum Gasteiger partial charge on any atom is 0.137 e. The van der Waals surface area contributed by atoms with Gasteiger partial charge in [0, 0.05) is 22.1 Å². The van der Waals surface area contributed by atoms with Crippen LogP contribution in [0.2, 0.25) is 0 Å². The van der Waals surface area contributed by atoms with Crippen molar-refractivity contribution in [2.45, 2.75) is 19.3 Å². The molecular weight excluding hydrogens is 715 g/mol. The van der Waals surface area contributed by atoms with Crippen LogP contribution in [-0.4, -0.2) is 0 Å². The molecule has 0 N–H and O–H groups in total. The van der Waals surface area contributed by atoms with E-state index in [2.05, 4.69) is 225 Å². The van der Waals surface area contributed by atoms with Crippen LogP contribution in [0, 0.1) is 0 Å². The van der Waals surface area contributed by atoms with E-state index in [-0.39, 0.29) is 5.41 Å². The molecular formula is C57H41NO. The molecule has 2 nitrogen and oxygen atoms in total. The van der Waals surface area contributed by atoms with Crippen LogP contribution >= 0.6 is 0 Å². The zero-order valence-electron chi connectivity index (χ0n) is 33.1. The summed E-state index contributed by atoms with van der Waals surface area (Å²) in [7, 11) is 0. The Morgan fingerprint density at radius 3 is 1.63 bits per heavy atom. The van der Waals surface area contributed by atoms with Gasteiger partial charge in [-0.25, -0.2) is 0 Å². The molecule has 1 heterocycles. The van der Waals surface area contributed by atoms with E-state index in [9.17, 15) is 0 Å². The average Bonchev–Trinajstić information content (AvgIpc) is 3.80. The Balaban J connectivity index is 1.18. The molecule has 0 unspecified atom stereocenters. The normalized spacial score (nSPS) is 12.7. The lowest BCUT2D eigenvalue weighted by Crippen LogP contribution is -2.14. The van der Waals surface area contributed by atoms with Gasteiger partial charge in [-0.2, -0.15) is 0 Å².